The SMILES string of the molecule is CCC(C)(C)C(=O)NC1(CC(=O)O)CCCCC1. The molecule has 1 aliphatic rings. The number of aliphatic carboxylic acids is 1. The van der Waals surface area contributed by atoms with Gasteiger partial charge in [0.15, 0.2) is 0 Å². The lowest BCUT2D eigenvalue weighted by atomic mass is 9.77. The monoisotopic (exact) mass is 255 g/mol. The van der Waals surface area contributed by atoms with Gasteiger partial charge < -0.3 is 10.4 Å². The molecule has 0 aliphatic heterocycles. The van der Waals surface area contributed by atoms with E-state index in [0.717, 1.165) is 38.5 Å². The van der Waals surface area contributed by atoms with Crippen LogP contribution in [-0.4, -0.2) is 22.5 Å². The molecule has 0 unspecified atom stereocenters. The van der Waals surface area contributed by atoms with Crippen molar-refractivity contribution in [3.8, 4) is 0 Å². The van der Waals surface area contributed by atoms with E-state index in [4.69, 9.17) is 5.11 Å². The fourth-order valence-corrected chi connectivity index (χ4v) is 2.43. The Morgan fingerprint density at radius 2 is 1.78 bits per heavy atom. The van der Waals surface area contributed by atoms with Gasteiger partial charge in [-0.2, -0.15) is 0 Å². The van der Waals surface area contributed by atoms with E-state index in [1.807, 2.05) is 20.8 Å². The fourth-order valence-electron chi connectivity index (χ4n) is 2.43. The summed E-state index contributed by atoms with van der Waals surface area (Å²) in [4.78, 5) is 23.3. The first-order chi connectivity index (χ1) is 8.31. The minimum absolute atomic E-state index is 0.0202. The van der Waals surface area contributed by atoms with Crippen LogP contribution in [-0.2, 0) is 9.59 Å². The summed E-state index contributed by atoms with van der Waals surface area (Å²) in [6.07, 6.45) is 5.49. The minimum Gasteiger partial charge on any atom is -0.481 e. The van der Waals surface area contributed by atoms with Gasteiger partial charge in [0.05, 0.1) is 12.0 Å². The first kappa shape index (κ1) is 15.0. The predicted octanol–water partition coefficient (Wildman–Crippen LogP) is 2.72. The van der Waals surface area contributed by atoms with Crippen LogP contribution in [0.5, 0.6) is 0 Å². The van der Waals surface area contributed by atoms with Gasteiger partial charge in [0.2, 0.25) is 5.91 Å². The van der Waals surface area contributed by atoms with E-state index in [-0.39, 0.29) is 12.3 Å². The molecule has 0 atom stereocenters. The normalized spacial score (nSPS) is 19.3. The topological polar surface area (TPSA) is 66.4 Å². The molecule has 18 heavy (non-hydrogen) atoms. The van der Waals surface area contributed by atoms with E-state index in [2.05, 4.69) is 5.32 Å². The molecule has 0 heterocycles. The van der Waals surface area contributed by atoms with Crippen LogP contribution >= 0.6 is 0 Å². The molecule has 1 saturated carbocycles. The van der Waals surface area contributed by atoms with Crippen molar-refractivity contribution in [1.29, 1.82) is 0 Å². The maximum absolute atomic E-state index is 12.2. The summed E-state index contributed by atoms with van der Waals surface area (Å²) < 4.78 is 0. The van der Waals surface area contributed by atoms with Gasteiger partial charge in [0.1, 0.15) is 0 Å². The van der Waals surface area contributed by atoms with E-state index in [1.165, 1.54) is 0 Å². The first-order valence-electron chi connectivity index (χ1n) is 6.86. The van der Waals surface area contributed by atoms with Gasteiger partial charge in [-0.25, -0.2) is 0 Å². The molecule has 1 fully saturated rings. The number of amides is 1. The van der Waals surface area contributed by atoms with Crippen molar-refractivity contribution in [2.75, 3.05) is 0 Å². The van der Waals surface area contributed by atoms with Crippen LogP contribution in [0, 0.1) is 5.41 Å². The molecule has 0 radical (unpaired) electrons. The third-order valence-corrected chi connectivity index (χ3v) is 4.18. The van der Waals surface area contributed by atoms with Crippen molar-refractivity contribution in [1.82, 2.24) is 5.32 Å². The van der Waals surface area contributed by atoms with Gasteiger partial charge >= 0.3 is 5.97 Å². The molecule has 1 amide bonds. The van der Waals surface area contributed by atoms with E-state index in [0.29, 0.717) is 0 Å². The van der Waals surface area contributed by atoms with Crippen molar-refractivity contribution >= 4 is 11.9 Å². The molecule has 0 aromatic rings. The van der Waals surface area contributed by atoms with Gasteiger partial charge in [-0.1, -0.05) is 40.0 Å². The molecule has 104 valence electrons. The highest BCUT2D eigenvalue weighted by molar-refractivity contribution is 5.83. The maximum atomic E-state index is 12.2. The molecule has 2 N–H and O–H groups in total. The second kappa shape index (κ2) is 5.72. The molecule has 0 aromatic heterocycles. The smallest absolute Gasteiger partial charge is 0.305 e. The fraction of sp³-hybridized carbons (Fsp3) is 0.857. The van der Waals surface area contributed by atoms with Gasteiger partial charge in [0, 0.05) is 5.41 Å². The number of carbonyl (C=O) groups is 2. The van der Waals surface area contributed by atoms with Crippen molar-refractivity contribution in [3.63, 3.8) is 0 Å². The summed E-state index contributed by atoms with van der Waals surface area (Å²) in [5, 5.41) is 12.1. The molecule has 4 heteroatoms. The summed E-state index contributed by atoms with van der Waals surface area (Å²) in [7, 11) is 0. The van der Waals surface area contributed by atoms with E-state index in [1.54, 1.807) is 0 Å². The Labute approximate surface area is 109 Å². The van der Waals surface area contributed by atoms with Crippen LogP contribution in [0.2, 0.25) is 0 Å². The molecule has 1 aliphatic carbocycles. The summed E-state index contributed by atoms with van der Waals surface area (Å²) in [6.45, 7) is 5.78. The molecule has 4 nitrogen and oxygen atoms in total. The summed E-state index contributed by atoms with van der Waals surface area (Å²) in [5.74, 6) is -0.848. The van der Waals surface area contributed by atoms with Crippen molar-refractivity contribution in [2.24, 2.45) is 5.41 Å². The quantitative estimate of drug-likeness (QED) is 0.793. The number of carbonyl (C=O) groups excluding carboxylic acids is 1. The summed E-state index contributed by atoms with van der Waals surface area (Å²) in [6, 6.07) is 0. The summed E-state index contributed by atoms with van der Waals surface area (Å²) in [5.41, 5.74) is -0.948. The van der Waals surface area contributed by atoms with Crippen LogP contribution in [0.1, 0.15) is 65.7 Å². The highest BCUT2D eigenvalue weighted by Crippen LogP contribution is 2.33. The lowest BCUT2D eigenvalue weighted by Crippen LogP contribution is -2.54. The first-order valence-corrected chi connectivity index (χ1v) is 6.86. The van der Waals surface area contributed by atoms with E-state index >= 15 is 0 Å². The standard InChI is InChI=1S/C14H25NO3/c1-4-13(2,3)12(18)15-14(10-11(16)17)8-6-5-7-9-14/h4-10H2,1-3H3,(H,15,18)(H,16,17). The Morgan fingerprint density at radius 1 is 1.22 bits per heavy atom. The van der Waals surface area contributed by atoms with Crippen LogP contribution < -0.4 is 5.32 Å². The molecule has 1 rings (SSSR count). The van der Waals surface area contributed by atoms with Gasteiger partial charge in [0.25, 0.3) is 0 Å². The average Bonchev–Trinajstić information content (AvgIpc) is 2.28. The number of carboxylic acid groups (broad SMARTS) is 1. The number of hydrogen-bond donors (Lipinski definition) is 2. The second-order valence-corrected chi connectivity index (χ2v) is 6.10. The number of carboxylic acids is 1. The lowest BCUT2D eigenvalue weighted by Gasteiger charge is -2.39. The predicted molar refractivity (Wildman–Crippen MR) is 70.3 cm³/mol. The largest absolute Gasteiger partial charge is 0.481 e. The minimum atomic E-state index is -0.827. The van der Waals surface area contributed by atoms with Crippen molar-refractivity contribution in [2.45, 2.75) is 71.3 Å². The Hall–Kier alpha value is -1.06. The van der Waals surface area contributed by atoms with E-state index < -0.39 is 16.9 Å². The lowest BCUT2D eigenvalue weighted by molar-refractivity contribution is -0.140. The highest BCUT2D eigenvalue weighted by Gasteiger charge is 2.38. The number of nitrogens with one attached hydrogen (secondary N) is 1. The Morgan fingerprint density at radius 3 is 2.22 bits per heavy atom. The maximum Gasteiger partial charge on any atom is 0.305 e. The van der Waals surface area contributed by atoms with Crippen LogP contribution in [0.25, 0.3) is 0 Å². The molecule has 0 spiro atoms. The zero-order valence-electron chi connectivity index (χ0n) is 11.7. The molecule has 0 saturated heterocycles. The van der Waals surface area contributed by atoms with Gasteiger partial charge in [-0.15, -0.1) is 0 Å². The Bertz CT molecular complexity index is 317. The van der Waals surface area contributed by atoms with Crippen LogP contribution in [0.15, 0.2) is 0 Å². The second-order valence-electron chi connectivity index (χ2n) is 6.10. The molecular weight excluding hydrogens is 230 g/mol. The molecule has 0 bridgehead atoms. The van der Waals surface area contributed by atoms with Crippen LogP contribution in [0.3, 0.4) is 0 Å². The number of hydrogen-bond acceptors (Lipinski definition) is 2. The molecule has 0 aromatic carbocycles. The third kappa shape index (κ3) is 3.72. The zero-order valence-corrected chi connectivity index (χ0v) is 11.7. The van der Waals surface area contributed by atoms with Gasteiger partial charge in [-0.3, -0.25) is 9.59 Å². The van der Waals surface area contributed by atoms with Gasteiger partial charge in [-0.05, 0) is 19.3 Å². The Kier molecular flexibility index (Phi) is 4.77. The number of rotatable bonds is 5. The third-order valence-electron chi connectivity index (χ3n) is 4.18. The average molecular weight is 255 g/mol. The summed E-state index contributed by atoms with van der Waals surface area (Å²) >= 11 is 0. The van der Waals surface area contributed by atoms with Crippen molar-refractivity contribution < 1.29 is 14.7 Å². The van der Waals surface area contributed by atoms with E-state index in [9.17, 15) is 9.59 Å². The zero-order chi connectivity index (χ0) is 13.8. The van der Waals surface area contributed by atoms with Crippen LogP contribution in [0.4, 0.5) is 0 Å². The highest BCUT2D eigenvalue weighted by atomic mass is 16.4. The van der Waals surface area contributed by atoms with Crippen molar-refractivity contribution in [3.05, 3.63) is 0 Å². The Balaban J connectivity index is 2.78. The molecular formula is C14H25NO3.